The van der Waals surface area contributed by atoms with Gasteiger partial charge in [-0.05, 0) is 86.9 Å². The van der Waals surface area contributed by atoms with Gasteiger partial charge in [0, 0.05) is 46.4 Å². The van der Waals surface area contributed by atoms with Crippen LogP contribution < -0.4 is 19.7 Å². The van der Waals surface area contributed by atoms with Crippen LogP contribution in [0.15, 0.2) is 71.4 Å². The molecule has 6 rings (SSSR count). The number of nitrogens with zero attached hydrogens (tertiary/aromatic N) is 1. The lowest BCUT2D eigenvalue weighted by Gasteiger charge is -2.33. The van der Waals surface area contributed by atoms with Crippen LogP contribution in [0, 0.1) is 19.7 Å². The molecule has 0 saturated heterocycles. The first-order valence-electron chi connectivity index (χ1n) is 12.8. The highest BCUT2D eigenvalue weighted by atomic mass is 19.1. The number of nitrogens with one attached hydrogen (secondary N) is 1. The molecule has 6 nitrogen and oxygen atoms in total. The predicted molar refractivity (Wildman–Crippen MR) is 150 cm³/mol. The summed E-state index contributed by atoms with van der Waals surface area (Å²) in [4.78, 5) is 14.8. The number of aryl methyl sites for hydroxylation is 2. The van der Waals surface area contributed by atoms with Crippen LogP contribution in [0.4, 0.5) is 15.8 Å². The number of hydrogen-bond donors (Lipinski definition) is 1. The third-order valence-electron chi connectivity index (χ3n) is 7.31. The largest absolute Gasteiger partial charge is 0.496 e. The van der Waals surface area contributed by atoms with E-state index < -0.39 is 5.97 Å². The number of ether oxygens (including phenoxy) is 2. The minimum atomic E-state index is -0.565. The Morgan fingerprint density at radius 3 is 2.56 bits per heavy atom. The zero-order valence-corrected chi connectivity index (χ0v) is 22.5. The van der Waals surface area contributed by atoms with Crippen LogP contribution in [0.5, 0.6) is 11.5 Å². The zero-order chi connectivity index (χ0) is 27.5. The lowest BCUT2D eigenvalue weighted by atomic mass is 9.89. The van der Waals surface area contributed by atoms with E-state index in [9.17, 15) is 9.18 Å². The smallest absolute Gasteiger partial charge is 0.379 e. The quantitative estimate of drug-likeness (QED) is 0.216. The Morgan fingerprint density at radius 2 is 1.82 bits per heavy atom. The maximum atomic E-state index is 14.4. The van der Waals surface area contributed by atoms with Crippen LogP contribution in [0.25, 0.3) is 16.8 Å². The summed E-state index contributed by atoms with van der Waals surface area (Å²) in [7, 11) is 1.59. The maximum Gasteiger partial charge on any atom is 0.379 e. The van der Waals surface area contributed by atoms with Gasteiger partial charge in [0.2, 0.25) is 5.76 Å². The summed E-state index contributed by atoms with van der Waals surface area (Å²) in [6, 6.07) is 16.1. The Labute approximate surface area is 226 Å². The number of benzene rings is 3. The molecule has 0 radical (unpaired) electrons. The fraction of sp³-hybridized carbons (Fsp3) is 0.219. The van der Waals surface area contributed by atoms with Gasteiger partial charge in [0.05, 0.1) is 18.9 Å². The molecular weight excluding hydrogens is 495 g/mol. The van der Waals surface area contributed by atoms with Gasteiger partial charge in [-0.15, -0.1) is 0 Å². The van der Waals surface area contributed by atoms with Crippen molar-refractivity contribution in [3.63, 3.8) is 0 Å². The van der Waals surface area contributed by atoms with E-state index in [4.69, 9.17) is 13.9 Å². The molecule has 3 heterocycles. The monoisotopic (exact) mass is 524 g/mol. The van der Waals surface area contributed by atoms with Crippen molar-refractivity contribution in [1.29, 1.82) is 0 Å². The molecule has 1 aromatic heterocycles. The predicted octanol–water partition coefficient (Wildman–Crippen LogP) is 7.50. The molecule has 198 valence electrons. The molecule has 0 aliphatic carbocycles. The van der Waals surface area contributed by atoms with Crippen molar-refractivity contribution in [2.45, 2.75) is 39.8 Å². The van der Waals surface area contributed by atoms with Gasteiger partial charge in [-0.3, -0.25) is 0 Å². The molecule has 0 fully saturated rings. The van der Waals surface area contributed by atoms with E-state index in [0.717, 1.165) is 44.9 Å². The average Bonchev–Trinajstić information content (AvgIpc) is 3.49. The van der Waals surface area contributed by atoms with Crippen LogP contribution in [0.3, 0.4) is 0 Å². The molecular formula is C32H29FN2O4. The Morgan fingerprint density at radius 1 is 1.03 bits per heavy atom. The first kappa shape index (κ1) is 24.8. The second-order valence-electron chi connectivity index (χ2n) is 10.6. The van der Waals surface area contributed by atoms with Gasteiger partial charge >= 0.3 is 5.97 Å². The number of carbonyl (C=O) groups excluding carboxylic acids is 1. The lowest BCUT2D eigenvalue weighted by Crippen LogP contribution is -2.33. The number of furan rings is 1. The molecule has 2 aliphatic rings. The molecule has 0 bridgehead atoms. The van der Waals surface area contributed by atoms with Gasteiger partial charge < -0.3 is 24.1 Å². The summed E-state index contributed by atoms with van der Waals surface area (Å²) in [6.45, 7) is 8.61. The van der Waals surface area contributed by atoms with Crippen molar-refractivity contribution in [2.75, 3.05) is 17.3 Å². The van der Waals surface area contributed by atoms with Gasteiger partial charge in [-0.1, -0.05) is 12.1 Å². The molecule has 0 atom stereocenters. The zero-order valence-electron chi connectivity index (χ0n) is 22.5. The number of esters is 1. The normalized spacial score (nSPS) is 14.9. The standard InChI is InChI=1S/C32H29FN2O4/c1-18-6-7-20(33)14-26(18)35-17-24-22(10-11-25-29(24)27(35)16-32(3,4)34-25)23-9-8-21(15-28(23)37-5)39-31(36)30-19(2)12-13-38-30/h6-16,34H,17H2,1-5H3. The molecule has 0 amide bonds. The van der Waals surface area contributed by atoms with Gasteiger partial charge in [0.15, 0.2) is 0 Å². The van der Waals surface area contributed by atoms with Crippen LogP contribution in [0.1, 0.15) is 46.7 Å². The first-order valence-corrected chi connectivity index (χ1v) is 12.8. The molecule has 0 unspecified atom stereocenters. The van der Waals surface area contributed by atoms with E-state index in [0.29, 0.717) is 23.6 Å². The molecule has 0 saturated carbocycles. The first-order chi connectivity index (χ1) is 18.6. The van der Waals surface area contributed by atoms with E-state index in [1.807, 2.05) is 19.1 Å². The molecule has 0 spiro atoms. The summed E-state index contributed by atoms with van der Waals surface area (Å²) in [5.74, 6) is 0.263. The van der Waals surface area contributed by atoms with E-state index in [2.05, 4.69) is 42.3 Å². The molecule has 1 N–H and O–H groups in total. The summed E-state index contributed by atoms with van der Waals surface area (Å²) in [5.41, 5.74) is 8.43. The minimum absolute atomic E-state index is 0.170. The van der Waals surface area contributed by atoms with Gasteiger partial charge in [-0.2, -0.15) is 0 Å². The third-order valence-corrected chi connectivity index (χ3v) is 7.31. The van der Waals surface area contributed by atoms with Gasteiger partial charge in [0.25, 0.3) is 0 Å². The third kappa shape index (κ3) is 4.24. The van der Waals surface area contributed by atoms with Crippen LogP contribution >= 0.6 is 0 Å². The summed E-state index contributed by atoms with van der Waals surface area (Å²) in [5, 5.41) is 3.63. The second kappa shape index (κ2) is 9.05. The van der Waals surface area contributed by atoms with Crippen LogP contribution in [0.2, 0.25) is 0 Å². The van der Waals surface area contributed by atoms with Crippen LogP contribution in [-0.2, 0) is 6.54 Å². The summed E-state index contributed by atoms with van der Waals surface area (Å²) in [6.07, 6.45) is 3.67. The minimum Gasteiger partial charge on any atom is -0.496 e. The number of rotatable bonds is 5. The Hall–Kier alpha value is -4.52. The molecule has 2 aliphatic heterocycles. The topological polar surface area (TPSA) is 63.9 Å². The van der Waals surface area contributed by atoms with Crippen molar-refractivity contribution < 1.29 is 23.1 Å². The number of anilines is 2. The summed E-state index contributed by atoms with van der Waals surface area (Å²) >= 11 is 0. The number of methoxy groups -OCH3 is 1. The van der Waals surface area contributed by atoms with Crippen molar-refractivity contribution in [2.24, 2.45) is 0 Å². The maximum absolute atomic E-state index is 14.4. The Kier molecular flexibility index (Phi) is 5.75. The number of hydrogen-bond acceptors (Lipinski definition) is 6. The molecule has 3 aromatic carbocycles. The van der Waals surface area contributed by atoms with Crippen LogP contribution in [-0.4, -0.2) is 18.6 Å². The number of carbonyl (C=O) groups is 1. The van der Waals surface area contributed by atoms with E-state index >= 15 is 0 Å². The van der Waals surface area contributed by atoms with Crippen molar-refractivity contribution in [3.8, 4) is 22.6 Å². The highest BCUT2D eigenvalue weighted by molar-refractivity contribution is 5.98. The Balaban J connectivity index is 1.43. The highest BCUT2D eigenvalue weighted by Gasteiger charge is 2.37. The molecule has 4 aromatic rings. The fourth-order valence-corrected chi connectivity index (χ4v) is 5.50. The van der Waals surface area contributed by atoms with Gasteiger partial charge in [0.1, 0.15) is 17.3 Å². The molecule has 39 heavy (non-hydrogen) atoms. The second-order valence-corrected chi connectivity index (χ2v) is 10.6. The fourth-order valence-electron chi connectivity index (χ4n) is 5.50. The SMILES string of the molecule is COc1cc(OC(=O)c2occc2C)ccc1-c1ccc2c3c1CN(c1cc(F)ccc1C)C3=CC(C)(C)N2. The van der Waals surface area contributed by atoms with Crippen molar-refractivity contribution in [3.05, 3.63) is 101 Å². The van der Waals surface area contributed by atoms with Crippen molar-refractivity contribution in [1.82, 2.24) is 0 Å². The Bertz CT molecular complexity index is 1670. The van der Waals surface area contributed by atoms with E-state index in [1.165, 1.54) is 12.3 Å². The van der Waals surface area contributed by atoms with Crippen molar-refractivity contribution >= 4 is 23.0 Å². The average molecular weight is 525 g/mol. The lowest BCUT2D eigenvalue weighted by molar-refractivity contribution is 0.0700. The molecule has 7 heteroatoms. The van der Waals surface area contributed by atoms with Gasteiger partial charge in [-0.25, -0.2) is 9.18 Å². The number of halogens is 1. The van der Waals surface area contributed by atoms with E-state index in [1.54, 1.807) is 38.3 Å². The van der Waals surface area contributed by atoms with E-state index in [-0.39, 0.29) is 17.1 Å². The highest BCUT2D eigenvalue weighted by Crippen LogP contribution is 2.50. The summed E-state index contributed by atoms with van der Waals surface area (Å²) < 4.78 is 31.0.